The molecule has 0 atom stereocenters. The summed E-state index contributed by atoms with van der Waals surface area (Å²) in [4.78, 5) is 27.7. The smallest absolute Gasteiger partial charge is 0.416 e. The van der Waals surface area contributed by atoms with Gasteiger partial charge in [-0.15, -0.1) is 0 Å². The maximum atomic E-state index is 13.0. The minimum Gasteiger partial charge on any atom is -0.426 e. The number of nitrogens with zero attached hydrogens (tertiary/aromatic N) is 2. The molecule has 0 radical (unpaired) electrons. The van der Waals surface area contributed by atoms with Gasteiger partial charge in [-0.25, -0.2) is 4.98 Å². The van der Waals surface area contributed by atoms with Crippen LogP contribution in [-0.2, 0) is 11.0 Å². The SMILES string of the molecule is CC(=O)c1ccc(C=CC(=O)Nc2ccc(-c3nc4ccc(C(F)(F)F)cc4n3O)cc2)cc1. The zero-order chi connectivity index (χ0) is 24.5. The van der Waals surface area contributed by atoms with Crippen molar-refractivity contribution in [3.63, 3.8) is 0 Å². The van der Waals surface area contributed by atoms with Crippen molar-refractivity contribution in [2.75, 3.05) is 5.32 Å². The quantitative estimate of drug-likeness (QED) is 0.221. The molecule has 4 aromatic rings. The van der Waals surface area contributed by atoms with E-state index < -0.39 is 11.7 Å². The molecule has 4 rings (SSSR count). The van der Waals surface area contributed by atoms with Crippen molar-refractivity contribution in [1.29, 1.82) is 0 Å². The summed E-state index contributed by atoms with van der Waals surface area (Å²) >= 11 is 0. The molecule has 1 heterocycles. The molecule has 6 nitrogen and oxygen atoms in total. The number of carbonyl (C=O) groups is 2. The third-order valence-corrected chi connectivity index (χ3v) is 5.11. The molecule has 0 spiro atoms. The number of rotatable bonds is 5. The number of benzene rings is 3. The number of alkyl halides is 3. The molecule has 34 heavy (non-hydrogen) atoms. The van der Waals surface area contributed by atoms with E-state index in [9.17, 15) is 28.0 Å². The number of carbonyl (C=O) groups excluding carboxylic acids is 2. The average molecular weight is 465 g/mol. The highest BCUT2D eigenvalue weighted by Crippen LogP contribution is 2.32. The van der Waals surface area contributed by atoms with Crippen molar-refractivity contribution < 1.29 is 28.0 Å². The molecule has 1 aromatic heterocycles. The van der Waals surface area contributed by atoms with Gasteiger partial charge in [-0.2, -0.15) is 17.9 Å². The van der Waals surface area contributed by atoms with Crippen molar-refractivity contribution in [3.05, 3.63) is 89.5 Å². The molecule has 9 heteroatoms. The molecular formula is C25H18F3N3O3. The highest BCUT2D eigenvalue weighted by atomic mass is 19.4. The summed E-state index contributed by atoms with van der Waals surface area (Å²) in [7, 11) is 0. The van der Waals surface area contributed by atoms with Crippen LogP contribution in [0.15, 0.2) is 72.8 Å². The van der Waals surface area contributed by atoms with Crippen molar-refractivity contribution in [2.45, 2.75) is 13.1 Å². The topological polar surface area (TPSA) is 84.2 Å². The van der Waals surface area contributed by atoms with Crippen LogP contribution in [0.25, 0.3) is 28.5 Å². The lowest BCUT2D eigenvalue weighted by Crippen LogP contribution is -2.07. The summed E-state index contributed by atoms with van der Waals surface area (Å²) in [5.74, 6) is -0.349. The molecule has 0 unspecified atom stereocenters. The Hall–Kier alpha value is -4.40. The van der Waals surface area contributed by atoms with E-state index in [-0.39, 0.29) is 28.5 Å². The summed E-state index contributed by atoms with van der Waals surface area (Å²) in [6, 6.07) is 16.1. The second-order valence-electron chi connectivity index (χ2n) is 7.53. The van der Waals surface area contributed by atoms with E-state index >= 15 is 0 Å². The van der Waals surface area contributed by atoms with Gasteiger partial charge in [0.05, 0.1) is 11.1 Å². The number of nitrogens with one attached hydrogen (secondary N) is 1. The molecule has 1 amide bonds. The Morgan fingerprint density at radius 1 is 1.00 bits per heavy atom. The third-order valence-electron chi connectivity index (χ3n) is 5.11. The number of imidazole rings is 1. The number of amides is 1. The summed E-state index contributed by atoms with van der Waals surface area (Å²) in [6.07, 6.45) is -1.58. The first-order valence-corrected chi connectivity index (χ1v) is 10.1. The number of hydrogen-bond acceptors (Lipinski definition) is 4. The Labute approximate surface area is 191 Å². The first-order valence-electron chi connectivity index (χ1n) is 10.1. The van der Waals surface area contributed by atoms with Crippen molar-refractivity contribution in [2.24, 2.45) is 0 Å². The molecule has 0 saturated heterocycles. The lowest BCUT2D eigenvalue weighted by atomic mass is 10.1. The highest BCUT2D eigenvalue weighted by Gasteiger charge is 2.31. The van der Waals surface area contributed by atoms with E-state index in [0.29, 0.717) is 21.5 Å². The Morgan fingerprint density at radius 2 is 1.68 bits per heavy atom. The number of Topliss-reactive ketones (excluding diaryl/α,β-unsaturated/α-hetero) is 1. The number of anilines is 1. The van der Waals surface area contributed by atoms with Crippen LogP contribution in [-0.4, -0.2) is 26.6 Å². The number of hydrogen-bond donors (Lipinski definition) is 2. The van der Waals surface area contributed by atoms with Gasteiger partial charge in [-0.05, 0) is 61.0 Å². The zero-order valence-electron chi connectivity index (χ0n) is 17.8. The van der Waals surface area contributed by atoms with Crippen LogP contribution < -0.4 is 5.32 Å². The standard InChI is InChI=1S/C25H18F3N3O3/c1-15(32)17-5-2-16(3-6-17)4-13-23(33)29-20-10-7-18(8-11-20)24-30-21-12-9-19(25(26,27)28)14-22(21)31(24)34/h2-14,34H,1H3,(H,29,33). The second kappa shape index (κ2) is 8.86. The van der Waals surface area contributed by atoms with E-state index in [1.807, 2.05) is 0 Å². The third kappa shape index (κ3) is 4.83. The van der Waals surface area contributed by atoms with Gasteiger partial charge in [0.15, 0.2) is 11.6 Å². The van der Waals surface area contributed by atoms with Crippen LogP contribution >= 0.6 is 0 Å². The Bertz CT molecular complexity index is 1400. The van der Waals surface area contributed by atoms with Gasteiger partial charge in [0, 0.05) is 22.9 Å². The van der Waals surface area contributed by atoms with E-state index in [1.165, 1.54) is 19.1 Å². The molecule has 0 aliphatic heterocycles. The van der Waals surface area contributed by atoms with Crippen LogP contribution in [0.5, 0.6) is 0 Å². The summed E-state index contributed by atoms with van der Waals surface area (Å²) in [5.41, 5.74) is 1.53. The van der Waals surface area contributed by atoms with Gasteiger partial charge in [-0.3, -0.25) is 9.59 Å². The lowest BCUT2D eigenvalue weighted by Gasteiger charge is -2.06. The maximum absolute atomic E-state index is 13.0. The molecule has 0 aliphatic carbocycles. The normalized spacial score (nSPS) is 11.8. The summed E-state index contributed by atoms with van der Waals surface area (Å²) < 4.78 is 39.5. The number of aromatic nitrogens is 2. The molecule has 0 bridgehead atoms. The number of fused-ring (bicyclic) bond motifs is 1. The fraction of sp³-hybridized carbons (Fsp3) is 0.0800. The average Bonchev–Trinajstić information content (AvgIpc) is 3.14. The number of ketones is 1. The van der Waals surface area contributed by atoms with E-state index in [1.54, 1.807) is 54.6 Å². The molecular weight excluding hydrogens is 447 g/mol. The molecule has 2 N–H and O–H groups in total. The first-order chi connectivity index (χ1) is 16.1. The van der Waals surface area contributed by atoms with Crippen LogP contribution in [0.4, 0.5) is 18.9 Å². The molecule has 0 fully saturated rings. The summed E-state index contributed by atoms with van der Waals surface area (Å²) in [5, 5.41) is 13.1. The van der Waals surface area contributed by atoms with E-state index in [2.05, 4.69) is 10.3 Å². The van der Waals surface area contributed by atoms with Crippen molar-refractivity contribution in [3.8, 4) is 11.4 Å². The fourth-order valence-electron chi connectivity index (χ4n) is 3.31. The maximum Gasteiger partial charge on any atom is 0.416 e. The van der Waals surface area contributed by atoms with Crippen LogP contribution in [0.1, 0.15) is 28.4 Å². The van der Waals surface area contributed by atoms with Gasteiger partial charge in [0.2, 0.25) is 5.91 Å². The second-order valence-corrected chi connectivity index (χ2v) is 7.53. The predicted molar refractivity (Wildman–Crippen MR) is 121 cm³/mol. The number of halogens is 3. The fourth-order valence-corrected chi connectivity index (χ4v) is 3.31. The Morgan fingerprint density at radius 3 is 2.29 bits per heavy atom. The molecule has 3 aromatic carbocycles. The van der Waals surface area contributed by atoms with Gasteiger partial charge in [0.1, 0.15) is 5.52 Å². The largest absolute Gasteiger partial charge is 0.426 e. The van der Waals surface area contributed by atoms with Gasteiger partial charge in [0.25, 0.3) is 0 Å². The highest BCUT2D eigenvalue weighted by molar-refractivity contribution is 6.02. The van der Waals surface area contributed by atoms with E-state index in [0.717, 1.165) is 17.7 Å². The molecule has 172 valence electrons. The Balaban J connectivity index is 1.47. The minimum atomic E-state index is -4.54. The van der Waals surface area contributed by atoms with Crippen molar-refractivity contribution in [1.82, 2.24) is 9.71 Å². The molecule has 0 aliphatic rings. The monoisotopic (exact) mass is 465 g/mol. The van der Waals surface area contributed by atoms with Gasteiger partial charge in [-0.1, -0.05) is 24.3 Å². The van der Waals surface area contributed by atoms with Crippen LogP contribution in [0, 0.1) is 0 Å². The lowest BCUT2D eigenvalue weighted by molar-refractivity contribution is -0.137. The van der Waals surface area contributed by atoms with Crippen molar-refractivity contribution >= 4 is 34.5 Å². The van der Waals surface area contributed by atoms with Crippen LogP contribution in [0.3, 0.4) is 0 Å². The molecule has 0 saturated carbocycles. The van der Waals surface area contributed by atoms with Crippen LogP contribution in [0.2, 0.25) is 0 Å². The zero-order valence-corrected chi connectivity index (χ0v) is 17.8. The van der Waals surface area contributed by atoms with E-state index in [4.69, 9.17) is 0 Å². The Kier molecular flexibility index (Phi) is 5.93. The predicted octanol–water partition coefficient (Wildman–Crippen LogP) is 5.81. The van der Waals surface area contributed by atoms with Gasteiger partial charge < -0.3 is 10.5 Å². The summed E-state index contributed by atoms with van der Waals surface area (Å²) in [6.45, 7) is 1.48. The van der Waals surface area contributed by atoms with Gasteiger partial charge >= 0.3 is 6.18 Å². The minimum absolute atomic E-state index is 0.0421. The first kappa shape index (κ1) is 22.8.